The van der Waals surface area contributed by atoms with Crippen molar-refractivity contribution in [2.24, 2.45) is 0 Å². The first-order valence-electron chi connectivity index (χ1n) is 6.37. The summed E-state index contributed by atoms with van der Waals surface area (Å²) in [6.45, 7) is 1.90. The number of rotatable bonds is 5. The van der Waals surface area contributed by atoms with Gasteiger partial charge in [0.25, 0.3) is 5.56 Å². The summed E-state index contributed by atoms with van der Waals surface area (Å²) in [6.07, 6.45) is 2.04. The summed E-state index contributed by atoms with van der Waals surface area (Å²) in [6, 6.07) is 8.22. The van der Waals surface area contributed by atoms with Crippen molar-refractivity contribution < 1.29 is 4.79 Å². The van der Waals surface area contributed by atoms with Gasteiger partial charge >= 0.3 is 0 Å². The molecule has 2 N–H and O–H groups in total. The minimum atomic E-state index is -0.341. The Kier molecular flexibility index (Phi) is 5.41. The van der Waals surface area contributed by atoms with Crippen molar-refractivity contribution in [1.29, 1.82) is 0 Å². The molecule has 1 aromatic heterocycles. The number of hydrogen-bond donors (Lipinski definition) is 2. The third-order valence-electron chi connectivity index (χ3n) is 2.68. The molecule has 5 nitrogen and oxygen atoms in total. The Bertz CT molecular complexity index is 672. The van der Waals surface area contributed by atoms with Crippen molar-refractivity contribution in [3.8, 4) is 0 Å². The fraction of sp³-hybridized carbons (Fsp3) is 0.214. The largest absolute Gasteiger partial charge is 0.325 e. The Labute approximate surface area is 131 Å². The van der Waals surface area contributed by atoms with Gasteiger partial charge in [-0.3, -0.25) is 9.59 Å². The SMILES string of the molecule is CCC(Sc1nccc(=O)[nH]1)C(=O)Nc1ccc(Cl)cc1. The highest BCUT2D eigenvalue weighted by Gasteiger charge is 2.19. The molecule has 0 bridgehead atoms. The number of amides is 1. The van der Waals surface area contributed by atoms with E-state index in [0.29, 0.717) is 22.3 Å². The molecule has 2 aromatic rings. The van der Waals surface area contributed by atoms with Gasteiger partial charge in [-0.1, -0.05) is 30.3 Å². The molecule has 1 atom stereocenters. The summed E-state index contributed by atoms with van der Waals surface area (Å²) in [5, 5.41) is 3.52. The van der Waals surface area contributed by atoms with Gasteiger partial charge in [-0.05, 0) is 30.7 Å². The smallest absolute Gasteiger partial charge is 0.251 e. The minimum Gasteiger partial charge on any atom is -0.325 e. The number of nitrogens with one attached hydrogen (secondary N) is 2. The molecule has 0 aliphatic heterocycles. The van der Waals surface area contributed by atoms with Gasteiger partial charge in [0.05, 0.1) is 5.25 Å². The van der Waals surface area contributed by atoms with Crippen LogP contribution in [0.2, 0.25) is 5.02 Å². The molecule has 0 saturated heterocycles. The molecule has 0 spiro atoms. The van der Waals surface area contributed by atoms with Gasteiger partial charge in [0, 0.05) is 23.0 Å². The number of thioether (sulfide) groups is 1. The molecule has 1 heterocycles. The lowest BCUT2D eigenvalue weighted by Crippen LogP contribution is -2.25. The number of carbonyl (C=O) groups excluding carboxylic acids is 1. The van der Waals surface area contributed by atoms with Crippen LogP contribution in [0.1, 0.15) is 13.3 Å². The zero-order chi connectivity index (χ0) is 15.2. The van der Waals surface area contributed by atoms with E-state index in [2.05, 4.69) is 15.3 Å². The van der Waals surface area contributed by atoms with Gasteiger partial charge in [0.1, 0.15) is 0 Å². The van der Waals surface area contributed by atoms with Crippen molar-refractivity contribution in [2.75, 3.05) is 5.32 Å². The molecular formula is C14H14ClN3O2S. The molecule has 2 rings (SSSR count). The number of anilines is 1. The number of carbonyl (C=O) groups is 1. The van der Waals surface area contributed by atoms with Gasteiger partial charge < -0.3 is 10.3 Å². The van der Waals surface area contributed by atoms with Crippen LogP contribution in [0.4, 0.5) is 5.69 Å². The Balaban J connectivity index is 2.04. The lowest BCUT2D eigenvalue weighted by atomic mass is 10.3. The number of nitrogens with zero attached hydrogens (tertiary/aromatic N) is 1. The van der Waals surface area contributed by atoms with Crippen LogP contribution in [0, 0.1) is 0 Å². The second kappa shape index (κ2) is 7.28. The Morgan fingerprint density at radius 3 is 2.71 bits per heavy atom. The van der Waals surface area contributed by atoms with E-state index in [0.717, 1.165) is 0 Å². The summed E-state index contributed by atoms with van der Waals surface area (Å²) in [5.74, 6) is -0.142. The van der Waals surface area contributed by atoms with Crippen LogP contribution in [-0.4, -0.2) is 21.1 Å². The van der Waals surface area contributed by atoms with Crippen LogP contribution >= 0.6 is 23.4 Å². The molecule has 0 radical (unpaired) electrons. The summed E-state index contributed by atoms with van der Waals surface area (Å²) in [5.41, 5.74) is 0.443. The molecule has 110 valence electrons. The monoisotopic (exact) mass is 323 g/mol. The lowest BCUT2D eigenvalue weighted by molar-refractivity contribution is -0.115. The van der Waals surface area contributed by atoms with E-state index in [1.54, 1.807) is 24.3 Å². The van der Waals surface area contributed by atoms with Crippen LogP contribution in [0.3, 0.4) is 0 Å². The predicted molar refractivity (Wildman–Crippen MR) is 84.9 cm³/mol. The average molecular weight is 324 g/mol. The number of aromatic amines is 1. The van der Waals surface area contributed by atoms with Crippen molar-refractivity contribution >= 4 is 35.0 Å². The van der Waals surface area contributed by atoms with Crippen molar-refractivity contribution in [3.63, 3.8) is 0 Å². The van der Waals surface area contributed by atoms with Crippen molar-refractivity contribution in [3.05, 3.63) is 51.9 Å². The fourth-order valence-corrected chi connectivity index (χ4v) is 2.63. The summed E-state index contributed by atoms with van der Waals surface area (Å²) >= 11 is 7.03. The van der Waals surface area contributed by atoms with Gasteiger partial charge in [-0.2, -0.15) is 0 Å². The molecule has 21 heavy (non-hydrogen) atoms. The normalized spacial score (nSPS) is 11.9. The highest BCUT2D eigenvalue weighted by Crippen LogP contribution is 2.23. The van der Waals surface area contributed by atoms with Crippen LogP contribution in [0.5, 0.6) is 0 Å². The van der Waals surface area contributed by atoms with E-state index < -0.39 is 0 Å². The maximum Gasteiger partial charge on any atom is 0.251 e. The maximum atomic E-state index is 12.2. The Morgan fingerprint density at radius 1 is 1.38 bits per heavy atom. The van der Waals surface area contributed by atoms with Crippen molar-refractivity contribution in [1.82, 2.24) is 9.97 Å². The number of halogens is 1. The van der Waals surface area contributed by atoms with Crippen LogP contribution in [0.25, 0.3) is 0 Å². The standard InChI is InChI=1S/C14H14ClN3O2S/c1-2-11(21-14-16-8-7-12(19)18-14)13(20)17-10-5-3-9(15)4-6-10/h3-8,11H,2H2,1H3,(H,17,20)(H,16,18,19). The van der Waals surface area contributed by atoms with E-state index in [-0.39, 0.29) is 16.7 Å². The second-order valence-corrected chi connectivity index (χ2v) is 5.88. The molecular weight excluding hydrogens is 310 g/mol. The summed E-state index contributed by atoms with van der Waals surface area (Å²) in [7, 11) is 0. The third kappa shape index (κ3) is 4.61. The highest BCUT2D eigenvalue weighted by molar-refractivity contribution is 8.00. The Morgan fingerprint density at radius 2 is 2.10 bits per heavy atom. The fourth-order valence-electron chi connectivity index (χ4n) is 1.62. The second-order valence-electron chi connectivity index (χ2n) is 4.25. The zero-order valence-corrected chi connectivity index (χ0v) is 12.9. The molecule has 7 heteroatoms. The van der Waals surface area contributed by atoms with Gasteiger partial charge in [-0.15, -0.1) is 0 Å². The molecule has 0 saturated carbocycles. The first-order chi connectivity index (χ1) is 10.1. The summed E-state index contributed by atoms with van der Waals surface area (Å²) in [4.78, 5) is 30.1. The quantitative estimate of drug-likeness (QED) is 0.655. The number of aromatic nitrogens is 2. The van der Waals surface area contributed by atoms with E-state index >= 15 is 0 Å². The third-order valence-corrected chi connectivity index (χ3v) is 4.19. The first-order valence-corrected chi connectivity index (χ1v) is 7.62. The van der Waals surface area contributed by atoms with Crippen LogP contribution < -0.4 is 10.9 Å². The number of hydrogen-bond acceptors (Lipinski definition) is 4. The molecule has 1 aromatic carbocycles. The van der Waals surface area contributed by atoms with Gasteiger partial charge in [-0.25, -0.2) is 4.98 Å². The van der Waals surface area contributed by atoms with Crippen molar-refractivity contribution in [2.45, 2.75) is 23.8 Å². The lowest BCUT2D eigenvalue weighted by Gasteiger charge is -2.13. The number of H-pyrrole nitrogens is 1. The molecule has 0 aliphatic rings. The minimum absolute atomic E-state index is 0.142. The molecule has 0 aliphatic carbocycles. The van der Waals surface area contributed by atoms with E-state index in [9.17, 15) is 9.59 Å². The predicted octanol–water partition coefficient (Wildman–Crippen LogP) is 2.93. The van der Waals surface area contributed by atoms with E-state index in [4.69, 9.17) is 11.6 Å². The van der Waals surface area contributed by atoms with Gasteiger partial charge in [0.2, 0.25) is 5.91 Å². The molecule has 1 unspecified atom stereocenters. The first kappa shape index (κ1) is 15.6. The summed E-state index contributed by atoms with van der Waals surface area (Å²) < 4.78 is 0. The van der Waals surface area contributed by atoms with E-state index in [1.165, 1.54) is 24.0 Å². The highest BCUT2D eigenvalue weighted by atomic mass is 35.5. The maximum absolute atomic E-state index is 12.2. The van der Waals surface area contributed by atoms with E-state index in [1.807, 2.05) is 6.92 Å². The molecule has 0 fully saturated rings. The van der Waals surface area contributed by atoms with Crippen LogP contribution in [0.15, 0.2) is 46.5 Å². The zero-order valence-electron chi connectivity index (χ0n) is 11.3. The van der Waals surface area contributed by atoms with Gasteiger partial charge in [0.15, 0.2) is 5.16 Å². The van der Waals surface area contributed by atoms with Crippen LogP contribution in [-0.2, 0) is 4.79 Å². The number of benzene rings is 1. The topological polar surface area (TPSA) is 74.8 Å². The Hall–Kier alpha value is -1.79. The average Bonchev–Trinajstić information content (AvgIpc) is 2.47. The molecule has 1 amide bonds.